The van der Waals surface area contributed by atoms with Crippen LogP contribution in [-0.4, -0.2) is 34.7 Å². The monoisotopic (exact) mass is 253 g/mol. The largest absolute Gasteiger partial charge is 0.481 e. The quantitative estimate of drug-likeness (QED) is 0.619. The lowest BCUT2D eigenvalue weighted by Gasteiger charge is -2.25. The predicted molar refractivity (Wildman–Crippen MR) is 64.7 cm³/mol. The molecule has 2 bridgehead atoms. The minimum atomic E-state index is -0.887. The van der Waals surface area contributed by atoms with Gasteiger partial charge in [0.25, 0.3) is 0 Å². The van der Waals surface area contributed by atoms with E-state index in [0.717, 1.165) is 6.42 Å². The van der Waals surface area contributed by atoms with Gasteiger partial charge >= 0.3 is 5.97 Å². The van der Waals surface area contributed by atoms with Gasteiger partial charge in [0, 0.05) is 12.6 Å². The van der Waals surface area contributed by atoms with Crippen LogP contribution < -0.4 is 5.32 Å². The van der Waals surface area contributed by atoms with Gasteiger partial charge < -0.3 is 15.5 Å². The van der Waals surface area contributed by atoms with Crippen molar-refractivity contribution in [1.82, 2.24) is 5.32 Å². The molecule has 0 heterocycles. The topological polar surface area (TPSA) is 86.6 Å². The van der Waals surface area contributed by atoms with E-state index in [-0.39, 0.29) is 30.4 Å². The van der Waals surface area contributed by atoms with Crippen LogP contribution in [0.25, 0.3) is 0 Å². The van der Waals surface area contributed by atoms with E-state index in [0.29, 0.717) is 6.42 Å². The molecule has 18 heavy (non-hydrogen) atoms. The Hall–Kier alpha value is -1.36. The number of allylic oxidation sites excluding steroid dienone is 2. The number of carboxylic acids is 1. The Morgan fingerprint density at radius 2 is 1.94 bits per heavy atom. The van der Waals surface area contributed by atoms with Crippen LogP contribution >= 0.6 is 0 Å². The molecule has 2 aliphatic carbocycles. The maximum Gasteiger partial charge on any atom is 0.307 e. The number of amides is 1. The molecule has 5 heteroatoms. The van der Waals surface area contributed by atoms with Gasteiger partial charge in [-0.05, 0) is 31.6 Å². The predicted octanol–water partition coefficient (Wildman–Crippen LogP) is 0.396. The van der Waals surface area contributed by atoms with Gasteiger partial charge in [0.05, 0.1) is 11.8 Å². The van der Waals surface area contributed by atoms with E-state index in [9.17, 15) is 14.7 Å². The van der Waals surface area contributed by atoms with Crippen LogP contribution in [0.5, 0.6) is 0 Å². The second-order valence-corrected chi connectivity index (χ2v) is 5.26. The molecule has 0 aromatic heterocycles. The summed E-state index contributed by atoms with van der Waals surface area (Å²) in [7, 11) is 0. The van der Waals surface area contributed by atoms with Crippen LogP contribution in [0, 0.1) is 23.7 Å². The maximum atomic E-state index is 12.1. The molecule has 0 aromatic carbocycles. The zero-order valence-electron chi connectivity index (χ0n) is 10.4. The van der Waals surface area contributed by atoms with Crippen molar-refractivity contribution in [1.29, 1.82) is 0 Å². The Morgan fingerprint density at radius 3 is 2.50 bits per heavy atom. The van der Waals surface area contributed by atoms with E-state index in [4.69, 9.17) is 5.11 Å². The lowest BCUT2D eigenvalue weighted by molar-refractivity contribution is -0.148. The third-order valence-corrected chi connectivity index (χ3v) is 4.00. The Kier molecular flexibility index (Phi) is 3.71. The molecule has 100 valence electrons. The normalized spacial score (nSPS) is 34.6. The van der Waals surface area contributed by atoms with E-state index in [1.807, 2.05) is 19.1 Å². The highest BCUT2D eigenvalue weighted by Gasteiger charge is 2.51. The molecule has 3 N–H and O–H groups in total. The number of carbonyl (C=O) groups excluding carboxylic acids is 1. The molecule has 5 nitrogen and oxygen atoms in total. The minimum absolute atomic E-state index is 0.00334. The highest BCUT2D eigenvalue weighted by molar-refractivity contribution is 5.87. The van der Waals surface area contributed by atoms with Crippen LogP contribution in [-0.2, 0) is 9.59 Å². The van der Waals surface area contributed by atoms with Gasteiger partial charge in [0.2, 0.25) is 5.91 Å². The Labute approximate surface area is 106 Å². The second kappa shape index (κ2) is 5.10. The number of hydrogen-bond acceptors (Lipinski definition) is 3. The molecule has 3 unspecified atom stereocenters. The molecule has 1 fully saturated rings. The van der Waals surface area contributed by atoms with Gasteiger partial charge in [-0.2, -0.15) is 0 Å². The average molecular weight is 253 g/mol. The van der Waals surface area contributed by atoms with Gasteiger partial charge in [-0.1, -0.05) is 12.2 Å². The summed E-state index contributed by atoms with van der Waals surface area (Å²) in [4.78, 5) is 23.4. The van der Waals surface area contributed by atoms with Crippen molar-refractivity contribution >= 4 is 11.9 Å². The van der Waals surface area contributed by atoms with Crippen molar-refractivity contribution in [3.63, 3.8) is 0 Å². The molecule has 2 aliphatic rings. The molecular weight excluding hydrogens is 234 g/mol. The number of carbonyl (C=O) groups is 2. The first-order valence-corrected chi connectivity index (χ1v) is 6.37. The Balaban J connectivity index is 2.05. The number of fused-ring (bicyclic) bond motifs is 2. The number of aliphatic hydroxyl groups excluding tert-OH is 1. The summed E-state index contributed by atoms with van der Waals surface area (Å²) in [6.45, 7) is 1.83. The van der Waals surface area contributed by atoms with Crippen LogP contribution in [0.15, 0.2) is 12.2 Å². The molecule has 2 rings (SSSR count). The number of hydrogen-bond donors (Lipinski definition) is 3. The van der Waals surface area contributed by atoms with E-state index in [1.54, 1.807) is 0 Å². The van der Waals surface area contributed by atoms with Crippen LogP contribution in [0.1, 0.15) is 19.8 Å². The molecule has 1 saturated carbocycles. The molecule has 0 aromatic rings. The molecule has 0 saturated heterocycles. The fourth-order valence-corrected chi connectivity index (χ4v) is 3.12. The van der Waals surface area contributed by atoms with Crippen molar-refractivity contribution in [3.8, 4) is 0 Å². The summed E-state index contributed by atoms with van der Waals surface area (Å²) in [5, 5.41) is 20.8. The molecule has 5 atom stereocenters. The minimum Gasteiger partial charge on any atom is -0.481 e. The van der Waals surface area contributed by atoms with Crippen molar-refractivity contribution in [3.05, 3.63) is 12.2 Å². The summed E-state index contributed by atoms with van der Waals surface area (Å²) >= 11 is 0. The third kappa shape index (κ3) is 2.27. The molecular formula is C13H19NO4. The lowest BCUT2D eigenvalue weighted by Crippen LogP contribution is -2.43. The van der Waals surface area contributed by atoms with E-state index >= 15 is 0 Å². The van der Waals surface area contributed by atoms with Crippen molar-refractivity contribution < 1.29 is 19.8 Å². The van der Waals surface area contributed by atoms with Gasteiger partial charge in [-0.3, -0.25) is 9.59 Å². The first kappa shape index (κ1) is 13.1. The SMILES string of the molecule is CC(CCO)NC(=O)[C@H]1C2C=CC(C2)[C@H]1C(=O)O. The molecule has 0 aliphatic heterocycles. The number of nitrogens with one attached hydrogen (secondary N) is 1. The van der Waals surface area contributed by atoms with Gasteiger partial charge in [0.1, 0.15) is 0 Å². The molecule has 1 amide bonds. The highest BCUT2D eigenvalue weighted by Crippen LogP contribution is 2.48. The van der Waals surface area contributed by atoms with E-state index < -0.39 is 17.8 Å². The van der Waals surface area contributed by atoms with Crippen molar-refractivity contribution in [2.75, 3.05) is 6.61 Å². The summed E-state index contributed by atoms with van der Waals surface area (Å²) < 4.78 is 0. The van der Waals surface area contributed by atoms with Crippen LogP contribution in [0.4, 0.5) is 0 Å². The second-order valence-electron chi connectivity index (χ2n) is 5.26. The van der Waals surface area contributed by atoms with Gasteiger partial charge in [-0.25, -0.2) is 0 Å². The fourth-order valence-electron chi connectivity index (χ4n) is 3.12. The van der Waals surface area contributed by atoms with Crippen LogP contribution in [0.2, 0.25) is 0 Å². The summed E-state index contributed by atoms with van der Waals surface area (Å²) in [5.41, 5.74) is 0. The summed E-state index contributed by atoms with van der Waals surface area (Å²) in [5.74, 6) is -2.09. The van der Waals surface area contributed by atoms with Crippen LogP contribution in [0.3, 0.4) is 0 Å². The third-order valence-electron chi connectivity index (χ3n) is 4.00. The standard InChI is InChI=1S/C13H19NO4/c1-7(4-5-15)14-12(16)10-8-2-3-9(6-8)11(10)13(17)18/h2-3,7-11,15H,4-6H2,1H3,(H,14,16)(H,17,18)/t7?,8?,9?,10-,11+/m0/s1. The van der Waals surface area contributed by atoms with Gasteiger partial charge in [0.15, 0.2) is 0 Å². The number of aliphatic carboxylic acids is 1. The lowest BCUT2D eigenvalue weighted by atomic mass is 9.82. The number of rotatable bonds is 5. The van der Waals surface area contributed by atoms with Gasteiger partial charge in [-0.15, -0.1) is 0 Å². The Morgan fingerprint density at radius 1 is 1.33 bits per heavy atom. The highest BCUT2D eigenvalue weighted by atomic mass is 16.4. The fraction of sp³-hybridized carbons (Fsp3) is 0.692. The molecule has 0 spiro atoms. The van der Waals surface area contributed by atoms with E-state index in [2.05, 4.69) is 5.32 Å². The first-order valence-electron chi connectivity index (χ1n) is 6.37. The van der Waals surface area contributed by atoms with Crippen molar-refractivity contribution in [2.45, 2.75) is 25.8 Å². The summed E-state index contributed by atoms with van der Waals surface area (Å²) in [6, 6.07) is -0.125. The van der Waals surface area contributed by atoms with Crippen molar-refractivity contribution in [2.24, 2.45) is 23.7 Å². The zero-order chi connectivity index (χ0) is 13.3. The number of aliphatic hydroxyl groups is 1. The molecule has 0 radical (unpaired) electrons. The smallest absolute Gasteiger partial charge is 0.307 e. The first-order chi connectivity index (χ1) is 8.54. The zero-order valence-corrected chi connectivity index (χ0v) is 10.4. The maximum absolute atomic E-state index is 12.1. The average Bonchev–Trinajstić information content (AvgIpc) is 2.88. The Bertz CT molecular complexity index is 379. The summed E-state index contributed by atoms with van der Waals surface area (Å²) in [6.07, 6.45) is 5.14. The van der Waals surface area contributed by atoms with E-state index in [1.165, 1.54) is 0 Å². The number of carboxylic acid groups (broad SMARTS) is 1.